The largest absolute Gasteiger partial charge is 0.192 e. The summed E-state index contributed by atoms with van der Waals surface area (Å²) in [7, 11) is 0. The minimum absolute atomic E-state index is 0. The molecule has 0 amide bonds. The van der Waals surface area contributed by atoms with Gasteiger partial charge >= 0.3 is 0 Å². The molecule has 1 radical (unpaired) electrons. The van der Waals surface area contributed by atoms with Crippen LogP contribution in [0.4, 0.5) is 0 Å². The third-order valence-electron chi connectivity index (χ3n) is 0.903. The zero-order chi connectivity index (χ0) is 5.82. The van der Waals surface area contributed by atoms with Crippen LogP contribution in [0.3, 0.4) is 0 Å². The van der Waals surface area contributed by atoms with Crippen molar-refractivity contribution in [2.45, 2.75) is 0 Å². The van der Waals surface area contributed by atoms with E-state index < -0.39 is 0 Å². The second-order valence-corrected chi connectivity index (χ2v) is 1.48. The van der Waals surface area contributed by atoms with Crippen LogP contribution in [-0.2, 0) is 17.1 Å². The van der Waals surface area contributed by atoms with Gasteiger partial charge in [0.15, 0.2) is 0 Å². The van der Waals surface area contributed by atoms with E-state index in [4.69, 9.17) is 5.26 Å². The quantitative estimate of drug-likeness (QED) is 0.537. The smallest absolute Gasteiger partial charge is 0.0991 e. The van der Waals surface area contributed by atoms with E-state index in [9.17, 15) is 0 Å². The van der Waals surface area contributed by atoms with Crippen molar-refractivity contribution in [1.82, 2.24) is 0 Å². The van der Waals surface area contributed by atoms with Gasteiger partial charge in [0.2, 0.25) is 0 Å². The van der Waals surface area contributed by atoms with E-state index >= 15 is 0 Å². The number of rotatable bonds is 0. The minimum Gasteiger partial charge on any atom is -0.192 e. The Labute approximate surface area is 64.8 Å². The molecular weight excluding hydrogens is 162 g/mol. The second-order valence-electron chi connectivity index (χ2n) is 1.48. The van der Waals surface area contributed by atoms with Crippen LogP contribution in [0.25, 0.3) is 0 Å². The summed E-state index contributed by atoms with van der Waals surface area (Å²) < 4.78 is 0. The van der Waals surface area contributed by atoms with Crippen LogP contribution in [0.2, 0.25) is 0 Å². The number of nitriles is 1. The van der Waals surface area contributed by atoms with Gasteiger partial charge < -0.3 is 0 Å². The molecule has 0 saturated carbocycles. The van der Waals surface area contributed by atoms with E-state index in [0.29, 0.717) is 5.56 Å². The standard InChI is InChI=1S/C7H5N.Cu/c8-6-7-4-2-1-3-5-7;/h1-5H;. The Morgan fingerprint density at radius 1 is 1.11 bits per heavy atom. The summed E-state index contributed by atoms with van der Waals surface area (Å²) in [6, 6.07) is 11.2. The zero-order valence-electron chi connectivity index (χ0n) is 4.64. The predicted molar refractivity (Wildman–Crippen MR) is 31.2 cm³/mol. The van der Waals surface area contributed by atoms with Crippen LogP contribution in [0, 0.1) is 11.3 Å². The molecule has 1 nitrogen and oxygen atoms in total. The maximum atomic E-state index is 8.29. The van der Waals surface area contributed by atoms with Gasteiger partial charge in [-0.05, 0) is 12.1 Å². The first-order valence-corrected chi connectivity index (χ1v) is 2.38. The van der Waals surface area contributed by atoms with E-state index in [2.05, 4.69) is 0 Å². The van der Waals surface area contributed by atoms with E-state index in [1.165, 1.54) is 0 Å². The molecule has 9 heavy (non-hydrogen) atoms. The molecule has 0 atom stereocenters. The first-order chi connectivity index (χ1) is 3.93. The van der Waals surface area contributed by atoms with E-state index in [-0.39, 0.29) is 17.1 Å². The first kappa shape index (κ1) is 8.23. The molecule has 1 aromatic rings. The molecule has 0 heterocycles. The van der Waals surface area contributed by atoms with Crippen LogP contribution >= 0.6 is 0 Å². The van der Waals surface area contributed by atoms with Crippen molar-refractivity contribution < 1.29 is 17.1 Å². The number of hydrogen-bond acceptors (Lipinski definition) is 1. The van der Waals surface area contributed by atoms with E-state index in [1.54, 1.807) is 12.1 Å². The van der Waals surface area contributed by atoms with Crippen LogP contribution in [-0.4, -0.2) is 0 Å². The Morgan fingerprint density at radius 2 is 1.67 bits per heavy atom. The van der Waals surface area contributed by atoms with Crippen LogP contribution in [0.15, 0.2) is 30.3 Å². The van der Waals surface area contributed by atoms with Gasteiger partial charge in [0.25, 0.3) is 0 Å². The Bertz CT molecular complexity index is 200. The summed E-state index contributed by atoms with van der Waals surface area (Å²) >= 11 is 0. The molecule has 0 N–H and O–H groups in total. The normalized spacial score (nSPS) is 7.00. The number of nitrogens with zero attached hydrogens (tertiary/aromatic N) is 1. The molecule has 0 fully saturated rings. The third kappa shape index (κ3) is 2.32. The van der Waals surface area contributed by atoms with Gasteiger partial charge in [0.05, 0.1) is 11.6 Å². The summed E-state index contributed by atoms with van der Waals surface area (Å²) in [5, 5.41) is 8.29. The van der Waals surface area contributed by atoms with Gasteiger partial charge in [0.1, 0.15) is 0 Å². The summed E-state index contributed by atoms with van der Waals surface area (Å²) in [6.07, 6.45) is 0. The van der Waals surface area contributed by atoms with Crippen molar-refractivity contribution in [2.75, 3.05) is 0 Å². The second kappa shape index (κ2) is 4.14. The van der Waals surface area contributed by atoms with Crippen molar-refractivity contribution in [3.8, 4) is 6.07 Å². The molecule has 0 aromatic heterocycles. The molecule has 0 aliphatic rings. The summed E-state index contributed by atoms with van der Waals surface area (Å²) in [6.45, 7) is 0. The van der Waals surface area contributed by atoms with Crippen molar-refractivity contribution in [1.29, 1.82) is 5.26 Å². The summed E-state index contributed by atoms with van der Waals surface area (Å²) in [5.74, 6) is 0. The van der Waals surface area contributed by atoms with Crippen LogP contribution in [0.1, 0.15) is 5.56 Å². The van der Waals surface area contributed by atoms with Crippen molar-refractivity contribution >= 4 is 0 Å². The van der Waals surface area contributed by atoms with Crippen LogP contribution < -0.4 is 0 Å². The minimum atomic E-state index is 0. The van der Waals surface area contributed by atoms with Crippen molar-refractivity contribution in [2.24, 2.45) is 0 Å². The molecule has 2 heteroatoms. The van der Waals surface area contributed by atoms with E-state index in [0.717, 1.165) is 0 Å². The molecule has 0 saturated heterocycles. The zero-order valence-corrected chi connectivity index (χ0v) is 5.58. The fourth-order valence-electron chi connectivity index (χ4n) is 0.513. The van der Waals surface area contributed by atoms with Gasteiger partial charge in [-0.1, -0.05) is 18.2 Å². The van der Waals surface area contributed by atoms with Gasteiger partial charge in [-0.2, -0.15) is 5.26 Å². The first-order valence-electron chi connectivity index (χ1n) is 2.38. The van der Waals surface area contributed by atoms with Crippen molar-refractivity contribution in [3.05, 3.63) is 35.9 Å². The molecule has 49 valence electrons. The maximum absolute atomic E-state index is 8.29. The Hall–Kier alpha value is -0.771. The predicted octanol–water partition coefficient (Wildman–Crippen LogP) is 1.56. The molecule has 0 spiro atoms. The fraction of sp³-hybridized carbons (Fsp3) is 0. The Kier molecular flexibility index (Phi) is 3.79. The van der Waals surface area contributed by atoms with E-state index in [1.807, 2.05) is 24.3 Å². The Balaban J connectivity index is 0.000000640. The summed E-state index contributed by atoms with van der Waals surface area (Å²) in [5.41, 5.74) is 0.715. The molecular formula is C7H5CuN. The monoisotopic (exact) mass is 166 g/mol. The average Bonchev–Trinajstić information content (AvgIpc) is 1.90. The molecule has 0 unspecified atom stereocenters. The molecule has 1 rings (SSSR count). The molecule has 0 aliphatic heterocycles. The van der Waals surface area contributed by atoms with Gasteiger partial charge in [-0.25, -0.2) is 0 Å². The van der Waals surface area contributed by atoms with Crippen LogP contribution in [0.5, 0.6) is 0 Å². The van der Waals surface area contributed by atoms with Crippen molar-refractivity contribution in [3.63, 3.8) is 0 Å². The molecule has 0 bridgehead atoms. The Morgan fingerprint density at radius 3 is 2.00 bits per heavy atom. The number of hydrogen-bond donors (Lipinski definition) is 0. The maximum Gasteiger partial charge on any atom is 0.0991 e. The third-order valence-corrected chi connectivity index (χ3v) is 0.903. The van der Waals surface area contributed by atoms with Gasteiger partial charge in [-0.15, -0.1) is 0 Å². The van der Waals surface area contributed by atoms with Gasteiger partial charge in [-0.3, -0.25) is 0 Å². The van der Waals surface area contributed by atoms with Gasteiger partial charge in [0, 0.05) is 17.1 Å². The fourth-order valence-corrected chi connectivity index (χ4v) is 0.513. The average molecular weight is 167 g/mol. The molecule has 1 aromatic carbocycles. The SMILES string of the molecule is N#Cc1ccccc1.[Cu]. The number of benzene rings is 1. The molecule has 0 aliphatic carbocycles. The summed E-state index contributed by atoms with van der Waals surface area (Å²) in [4.78, 5) is 0. The topological polar surface area (TPSA) is 23.8 Å².